The maximum absolute atomic E-state index is 13.5. The molecule has 0 aromatic heterocycles. The molecular formula is C15H22FNO. The molecule has 1 aliphatic rings. The van der Waals surface area contributed by atoms with E-state index in [0.29, 0.717) is 18.2 Å². The molecule has 2 nitrogen and oxygen atoms in total. The largest absolute Gasteiger partial charge is 0.387 e. The van der Waals surface area contributed by atoms with Gasteiger partial charge in [0.2, 0.25) is 0 Å². The van der Waals surface area contributed by atoms with E-state index in [2.05, 4.69) is 33.0 Å². The van der Waals surface area contributed by atoms with Crippen molar-refractivity contribution in [2.75, 3.05) is 6.54 Å². The van der Waals surface area contributed by atoms with Gasteiger partial charge in [-0.05, 0) is 16.9 Å². The average Bonchev–Trinajstić information content (AvgIpc) is 2.67. The zero-order chi connectivity index (χ0) is 13.6. The highest BCUT2D eigenvalue weighted by atomic mass is 19.1. The lowest BCUT2D eigenvalue weighted by Crippen LogP contribution is -2.28. The molecule has 0 heterocycles. The summed E-state index contributed by atoms with van der Waals surface area (Å²) >= 11 is 0. The van der Waals surface area contributed by atoms with E-state index in [4.69, 9.17) is 0 Å². The fourth-order valence-electron chi connectivity index (χ4n) is 2.79. The predicted molar refractivity (Wildman–Crippen MR) is 70.7 cm³/mol. The third kappa shape index (κ3) is 2.06. The first-order chi connectivity index (χ1) is 8.28. The van der Waals surface area contributed by atoms with Crippen LogP contribution < -0.4 is 5.32 Å². The van der Waals surface area contributed by atoms with Crippen LogP contribution in [0.3, 0.4) is 0 Å². The van der Waals surface area contributed by atoms with Crippen molar-refractivity contribution >= 4 is 0 Å². The number of hydrogen-bond acceptors (Lipinski definition) is 2. The lowest BCUT2D eigenvalue weighted by molar-refractivity contribution is 0.167. The van der Waals surface area contributed by atoms with Crippen LogP contribution >= 0.6 is 0 Å². The highest BCUT2D eigenvalue weighted by molar-refractivity contribution is 5.21. The van der Waals surface area contributed by atoms with Crippen LogP contribution in [0.15, 0.2) is 24.3 Å². The van der Waals surface area contributed by atoms with E-state index in [9.17, 15) is 9.50 Å². The summed E-state index contributed by atoms with van der Waals surface area (Å²) in [4.78, 5) is 0. The van der Waals surface area contributed by atoms with E-state index in [-0.39, 0.29) is 16.6 Å². The molecule has 3 heteroatoms. The summed E-state index contributed by atoms with van der Waals surface area (Å²) in [6.45, 7) is 9.22. The molecular weight excluding hydrogens is 229 g/mol. The summed E-state index contributed by atoms with van der Waals surface area (Å²) < 4.78 is 13.5. The van der Waals surface area contributed by atoms with E-state index in [1.807, 2.05) is 0 Å². The molecule has 1 fully saturated rings. The summed E-state index contributed by atoms with van der Waals surface area (Å²) in [5.41, 5.74) is 0.811. The highest BCUT2D eigenvalue weighted by Crippen LogP contribution is 2.62. The molecule has 1 aromatic rings. The molecule has 0 bridgehead atoms. The summed E-state index contributed by atoms with van der Waals surface area (Å²) in [7, 11) is 0. The Balaban J connectivity index is 1.95. The van der Waals surface area contributed by atoms with Crippen molar-refractivity contribution < 1.29 is 9.50 Å². The first kappa shape index (κ1) is 13.5. The van der Waals surface area contributed by atoms with Gasteiger partial charge in [-0.2, -0.15) is 0 Å². The normalized spacial score (nSPS) is 22.8. The Morgan fingerprint density at radius 1 is 1.22 bits per heavy atom. The van der Waals surface area contributed by atoms with E-state index >= 15 is 0 Å². The highest BCUT2D eigenvalue weighted by Gasteiger charge is 2.64. The van der Waals surface area contributed by atoms with Crippen LogP contribution in [0.2, 0.25) is 0 Å². The lowest BCUT2D eigenvalue weighted by Gasteiger charge is -2.14. The molecule has 2 N–H and O–H groups in total. The van der Waals surface area contributed by atoms with Crippen LogP contribution in [0, 0.1) is 16.6 Å². The van der Waals surface area contributed by atoms with E-state index < -0.39 is 6.10 Å². The van der Waals surface area contributed by atoms with Gasteiger partial charge in [-0.15, -0.1) is 0 Å². The van der Waals surface area contributed by atoms with Crippen molar-refractivity contribution in [2.24, 2.45) is 10.8 Å². The van der Waals surface area contributed by atoms with Gasteiger partial charge in [0.25, 0.3) is 0 Å². The van der Waals surface area contributed by atoms with Gasteiger partial charge < -0.3 is 10.4 Å². The first-order valence-electron chi connectivity index (χ1n) is 6.44. The third-order valence-electron chi connectivity index (χ3n) is 4.80. The van der Waals surface area contributed by atoms with Crippen LogP contribution in [-0.4, -0.2) is 17.7 Å². The molecule has 0 spiro atoms. The van der Waals surface area contributed by atoms with Crippen molar-refractivity contribution in [3.8, 4) is 0 Å². The number of benzene rings is 1. The van der Waals surface area contributed by atoms with Crippen LogP contribution in [-0.2, 0) is 0 Å². The second-order valence-electron chi connectivity index (χ2n) is 6.32. The Morgan fingerprint density at radius 2 is 1.78 bits per heavy atom. The van der Waals surface area contributed by atoms with Crippen LogP contribution in [0.1, 0.15) is 39.4 Å². The first-order valence-corrected chi connectivity index (χ1v) is 6.44. The van der Waals surface area contributed by atoms with Gasteiger partial charge in [0.05, 0.1) is 6.10 Å². The Morgan fingerprint density at radius 3 is 2.28 bits per heavy atom. The molecule has 100 valence electrons. The summed E-state index contributed by atoms with van der Waals surface area (Å²) in [5.74, 6) is -0.346. The van der Waals surface area contributed by atoms with Crippen molar-refractivity contribution in [1.82, 2.24) is 5.32 Å². The summed E-state index contributed by atoms with van der Waals surface area (Å²) in [6, 6.07) is 6.75. The Kier molecular flexibility index (Phi) is 3.24. The van der Waals surface area contributed by atoms with Crippen molar-refractivity contribution in [1.29, 1.82) is 0 Å². The molecule has 1 aromatic carbocycles. The smallest absolute Gasteiger partial charge is 0.129 e. The SMILES string of the molecule is CC1(C)C(NCC(O)c2ccccc2F)C1(C)C. The second-order valence-corrected chi connectivity index (χ2v) is 6.32. The molecule has 0 radical (unpaired) electrons. The third-order valence-corrected chi connectivity index (χ3v) is 4.80. The van der Waals surface area contributed by atoms with E-state index in [1.54, 1.807) is 18.2 Å². The molecule has 2 rings (SSSR count). The van der Waals surface area contributed by atoms with Crippen molar-refractivity contribution in [2.45, 2.75) is 39.8 Å². The van der Waals surface area contributed by atoms with Gasteiger partial charge in [-0.25, -0.2) is 4.39 Å². The Labute approximate surface area is 108 Å². The maximum atomic E-state index is 13.5. The monoisotopic (exact) mass is 251 g/mol. The zero-order valence-corrected chi connectivity index (χ0v) is 11.5. The topological polar surface area (TPSA) is 32.3 Å². The number of aliphatic hydroxyl groups excluding tert-OH is 1. The quantitative estimate of drug-likeness (QED) is 0.862. The number of aliphatic hydroxyl groups is 1. The minimum absolute atomic E-state index is 0.224. The molecule has 1 atom stereocenters. The van der Waals surface area contributed by atoms with Crippen LogP contribution in [0.25, 0.3) is 0 Å². The number of hydrogen-bond donors (Lipinski definition) is 2. The molecule has 1 unspecified atom stereocenters. The molecule has 18 heavy (non-hydrogen) atoms. The molecule has 0 saturated heterocycles. The predicted octanol–water partition coefficient (Wildman–Crippen LogP) is 2.88. The molecule has 1 saturated carbocycles. The van der Waals surface area contributed by atoms with Gasteiger partial charge in [-0.3, -0.25) is 0 Å². The van der Waals surface area contributed by atoms with Gasteiger partial charge in [-0.1, -0.05) is 45.9 Å². The summed E-state index contributed by atoms with van der Waals surface area (Å²) in [5, 5.41) is 13.4. The fourth-order valence-corrected chi connectivity index (χ4v) is 2.79. The van der Waals surface area contributed by atoms with Gasteiger partial charge in [0, 0.05) is 18.2 Å². The van der Waals surface area contributed by atoms with Crippen LogP contribution in [0.4, 0.5) is 4.39 Å². The second kappa shape index (κ2) is 4.32. The minimum atomic E-state index is -0.793. The standard InChI is InChI=1S/C15H22FNO/c1-14(2)13(15(14,3)4)17-9-12(18)10-7-5-6-8-11(10)16/h5-8,12-13,17-18H,9H2,1-4H3. The lowest BCUT2D eigenvalue weighted by atomic mass is 10.0. The fraction of sp³-hybridized carbons (Fsp3) is 0.600. The zero-order valence-electron chi connectivity index (χ0n) is 11.5. The number of nitrogens with one attached hydrogen (secondary N) is 1. The minimum Gasteiger partial charge on any atom is -0.387 e. The maximum Gasteiger partial charge on any atom is 0.129 e. The van der Waals surface area contributed by atoms with Gasteiger partial charge in [0.1, 0.15) is 5.82 Å². The van der Waals surface area contributed by atoms with E-state index in [0.717, 1.165) is 0 Å². The van der Waals surface area contributed by atoms with Crippen LogP contribution in [0.5, 0.6) is 0 Å². The van der Waals surface area contributed by atoms with Gasteiger partial charge in [0.15, 0.2) is 0 Å². The van der Waals surface area contributed by atoms with Crippen molar-refractivity contribution in [3.63, 3.8) is 0 Å². The summed E-state index contributed by atoms with van der Waals surface area (Å²) in [6.07, 6.45) is -0.793. The van der Waals surface area contributed by atoms with Crippen molar-refractivity contribution in [3.05, 3.63) is 35.6 Å². The van der Waals surface area contributed by atoms with E-state index in [1.165, 1.54) is 6.07 Å². The number of rotatable bonds is 4. The average molecular weight is 251 g/mol. The van der Waals surface area contributed by atoms with Gasteiger partial charge >= 0.3 is 0 Å². The number of halogens is 1. The molecule has 1 aliphatic carbocycles. The Bertz CT molecular complexity index is 428. The molecule has 0 amide bonds. The Hall–Kier alpha value is -0.930. The molecule has 0 aliphatic heterocycles.